The van der Waals surface area contributed by atoms with E-state index in [1.54, 1.807) is 0 Å². The van der Waals surface area contributed by atoms with Crippen LogP contribution in [0, 0.1) is 12.3 Å². The van der Waals surface area contributed by atoms with Gasteiger partial charge >= 0.3 is 7.12 Å². The van der Waals surface area contributed by atoms with Crippen LogP contribution in [0.1, 0.15) is 33.3 Å². The summed E-state index contributed by atoms with van der Waals surface area (Å²) in [5, 5.41) is 0. The molecule has 3 rings (SSSR count). The first-order valence-electron chi connectivity index (χ1n) is 8.10. The van der Waals surface area contributed by atoms with E-state index >= 15 is 0 Å². The molecule has 23 heavy (non-hydrogen) atoms. The van der Waals surface area contributed by atoms with Gasteiger partial charge in [-0.05, 0) is 43.4 Å². The molecule has 1 aliphatic rings. The molecule has 0 atom stereocenters. The Balaban J connectivity index is 1.81. The van der Waals surface area contributed by atoms with E-state index in [-0.39, 0.29) is 18.1 Å². The van der Waals surface area contributed by atoms with Crippen LogP contribution in [-0.2, 0) is 9.31 Å². The van der Waals surface area contributed by atoms with E-state index in [0.717, 1.165) is 22.2 Å². The molecule has 0 amide bonds. The number of pyridine rings is 1. The number of benzene rings is 1. The third kappa shape index (κ3) is 3.19. The SMILES string of the molecule is Cc1cncc(-c2ccc(B3OCC(C)(C)C(C)(C)O3)cc2)c1. The lowest BCUT2D eigenvalue weighted by Crippen LogP contribution is -2.58. The van der Waals surface area contributed by atoms with Gasteiger partial charge in [0.05, 0.1) is 5.60 Å². The summed E-state index contributed by atoms with van der Waals surface area (Å²) in [7, 11) is -0.303. The normalized spacial score (nSPS) is 19.6. The van der Waals surface area contributed by atoms with Crippen molar-refractivity contribution in [3.05, 3.63) is 48.3 Å². The van der Waals surface area contributed by atoms with Crippen molar-refractivity contribution >= 4 is 12.6 Å². The summed E-state index contributed by atoms with van der Waals surface area (Å²) >= 11 is 0. The Bertz CT molecular complexity index is 695. The monoisotopic (exact) mass is 309 g/mol. The van der Waals surface area contributed by atoms with Crippen molar-refractivity contribution in [2.45, 2.75) is 40.2 Å². The van der Waals surface area contributed by atoms with Crippen LogP contribution in [0.2, 0.25) is 0 Å². The summed E-state index contributed by atoms with van der Waals surface area (Å²) in [5.74, 6) is 0. The van der Waals surface area contributed by atoms with Crippen LogP contribution in [0.3, 0.4) is 0 Å². The van der Waals surface area contributed by atoms with Crippen molar-refractivity contribution in [2.75, 3.05) is 6.61 Å². The highest BCUT2D eigenvalue weighted by atomic mass is 16.6. The van der Waals surface area contributed by atoms with Crippen LogP contribution >= 0.6 is 0 Å². The van der Waals surface area contributed by atoms with Crippen LogP contribution in [0.4, 0.5) is 0 Å². The van der Waals surface area contributed by atoms with Crippen LogP contribution in [0.25, 0.3) is 11.1 Å². The summed E-state index contributed by atoms with van der Waals surface area (Å²) in [6.45, 7) is 11.4. The zero-order valence-corrected chi connectivity index (χ0v) is 14.6. The molecule has 0 saturated carbocycles. The van der Waals surface area contributed by atoms with E-state index in [4.69, 9.17) is 9.31 Å². The van der Waals surface area contributed by atoms with Crippen molar-refractivity contribution in [3.8, 4) is 11.1 Å². The first-order chi connectivity index (χ1) is 10.8. The van der Waals surface area contributed by atoms with Crippen molar-refractivity contribution in [2.24, 2.45) is 5.41 Å². The molecular weight excluding hydrogens is 285 g/mol. The zero-order chi connectivity index (χ0) is 16.7. The van der Waals surface area contributed by atoms with Gasteiger partial charge in [-0.25, -0.2) is 0 Å². The number of aryl methyl sites for hydroxylation is 1. The predicted molar refractivity (Wildman–Crippen MR) is 94.7 cm³/mol. The fraction of sp³-hybridized carbons (Fsp3) is 0.421. The van der Waals surface area contributed by atoms with Gasteiger partial charge in [0.2, 0.25) is 0 Å². The summed E-state index contributed by atoms with van der Waals surface area (Å²) in [6.07, 6.45) is 3.76. The molecule has 2 aromatic rings. The van der Waals surface area contributed by atoms with Gasteiger partial charge in [0.15, 0.2) is 0 Å². The second-order valence-electron chi connectivity index (χ2n) is 7.53. The maximum Gasteiger partial charge on any atom is 0.494 e. The van der Waals surface area contributed by atoms with Gasteiger partial charge in [-0.3, -0.25) is 4.98 Å². The highest BCUT2D eigenvalue weighted by Crippen LogP contribution is 2.38. The van der Waals surface area contributed by atoms with Crippen LogP contribution < -0.4 is 5.46 Å². The predicted octanol–water partition coefficient (Wildman–Crippen LogP) is 3.60. The Hall–Kier alpha value is -1.65. The lowest BCUT2D eigenvalue weighted by molar-refractivity contribution is -0.0937. The Kier molecular flexibility index (Phi) is 4.07. The molecule has 1 aromatic heterocycles. The van der Waals surface area contributed by atoms with E-state index < -0.39 is 0 Å². The average Bonchev–Trinajstić information content (AvgIpc) is 2.50. The van der Waals surface area contributed by atoms with Crippen molar-refractivity contribution in [3.63, 3.8) is 0 Å². The maximum absolute atomic E-state index is 6.21. The summed E-state index contributed by atoms with van der Waals surface area (Å²) in [4.78, 5) is 4.26. The standard InChI is InChI=1S/C19H24BNO2/c1-14-10-16(12-21-11-14)15-6-8-17(9-7-15)20-22-13-18(2,3)19(4,5)23-20/h6-12H,13H2,1-5H3. The number of nitrogens with zero attached hydrogens (tertiary/aromatic N) is 1. The number of hydrogen-bond donors (Lipinski definition) is 0. The fourth-order valence-electron chi connectivity index (χ4n) is 2.63. The fourth-order valence-corrected chi connectivity index (χ4v) is 2.63. The Labute approximate surface area is 139 Å². The van der Waals surface area contributed by atoms with E-state index in [1.165, 1.54) is 0 Å². The first-order valence-corrected chi connectivity index (χ1v) is 8.10. The second kappa shape index (κ2) is 5.77. The van der Waals surface area contributed by atoms with E-state index in [9.17, 15) is 0 Å². The molecule has 2 heterocycles. The molecule has 0 unspecified atom stereocenters. The Morgan fingerprint density at radius 3 is 2.30 bits per heavy atom. The summed E-state index contributed by atoms with van der Waals surface area (Å²) < 4.78 is 12.2. The van der Waals surface area contributed by atoms with Crippen molar-refractivity contribution in [1.82, 2.24) is 4.98 Å². The zero-order valence-electron chi connectivity index (χ0n) is 14.6. The largest absolute Gasteiger partial charge is 0.494 e. The summed E-state index contributed by atoms with van der Waals surface area (Å²) in [6, 6.07) is 10.5. The quantitative estimate of drug-likeness (QED) is 0.794. The number of hydrogen-bond acceptors (Lipinski definition) is 3. The lowest BCUT2D eigenvalue weighted by atomic mass is 9.69. The smallest absolute Gasteiger partial charge is 0.407 e. The minimum atomic E-state index is -0.303. The summed E-state index contributed by atoms with van der Waals surface area (Å²) in [5.41, 5.74) is 4.27. The number of aromatic nitrogens is 1. The van der Waals surface area contributed by atoms with E-state index in [0.29, 0.717) is 6.61 Å². The molecule has 0 bridgehead atoms. The maximum atomic E-state index is 6.21. The lowest BCUT2D eigenvalue weighted by Gasteiger charge is -2.47. The van der Waals surface area contributed by atoms with Gasteiger partial charge < -0.3 is 9.31 Å². The molecule has 1 aliphatic heterocycles. The first kappa shape index (κ1) is 16.2. The van der Waals surface area contributed by atoms with Crippen LogP contribution in [0.15, 0.2) is 42.7 Å². The highest BCUT2D eigenvalue weighted by molar-refractivity contribution is 6.61. The third-order valence-corrected chi connectivity index (χ3v) is 5.02. The number of rotatable bonds is 2. The minimum Gasteiger partial charge on any atom is -0.407 e. The molecule has 1 saturated heterocycles. The van der Waals surface area contributed by atoms with E-state index in [2.05, 4.69) is 69.9 Å². The Morgan fingerprint density at radius 2 is 1.70 bits per heavy atom. The molecule has 0 spiro atoms. The van der Waals surface area contributed by atoms with Gasteiger partial charge in [-0.1, -0.05) is 38.1 Å². The minimum absolute atomic E-state index is 0.00330. The molecule has 120 valence electrons. The van der Waals surface area contributed by atoms with Crippen LogP contribution in [-0.4, -0.2) is 24.3 Å². The van der Waals surface area contributed by atoms with Crippen molar-refractivity contribution in [1.29, 1.82) is 0 Å². The van der Waals surface area contributed by atoms with Crippen LogP contribution in [0.5, 0.6) is 0 Å². The van der Waals surface area contributed by atoms with E-state index in [1.807, 2.05) is 12.4 Å². The van der Waals surface area contributed by atoms with Gasteiger partial charge in [-0.2, -0.15) is 0 Å². The Morgan fingerprint density at radius 1 is 1.00 bits per heavy atom. The molecular formula is C19H24BNO2. The molecule has 1 fully saturated rings. The molecule has 1 aromatic carbocycles. The molecule has 4 heteroatoms. The molecule has 0 aliphatic carbocycles. The average molecular weight is 309 g/mol. The van der Waals surface area contributed by atoms with Gasteiger partial charge in [0.25, 0.3) is 0 Å². The topological polar surface area (TPSA) is 31.4 Å². The molecule has 0 radical (unpaired) electrons. The van der Waals surface area contributed by atoms with Gasteiger partial charge in [0, 0.05) is 30.0 Å². The third-order valence-electron chi connectivity index (χ3n) is 5.02. The van der Waals surface area contributed by atoms with Crippen molar-refractivity contribution < 1.29 is 9.31 Å². The second-order valence-corrected chi connectivity index (χ2v) is 7.53. The van der Waals surface area contributed by atoms with Gasteiger partial charge in [-0.15, -0.1) is 0 Å². The molecule has 0 N–H and O–H groups in total. The highest BCUT2D eigenvalue weighted by Gasteiger charge is 2.46. The molecule has 3 nitrogen and oxygen atoms in total. The van der Waals surface area contributed by atoms with Gasteiger partial charge in [0.1, 0.15) is 0 Å².